The van der Waals surface area contributed by atoms with E-state index in [1.54, 1.807) is 0 Å². The van der Waals surface area contributed by atoms with Crippen LogP contribution in [0.5, 0.6) is 0 Å². The highest BCUT2D eigenvalue weighted by Crippen LogP contribution is 2.09. The molecule has 7 heteroatoms. The quantitative estimate of drug-likeness (QED) is 0.861. The first-order valence-electron chi connectivity index (χ1n) is 3.92. The molecule has 0 amide bonds. The Morgan fingerprint density at radius 2 is 2.00 bits per heavy atom. The van der Waals surface area contributed by atoms with Crippen molar-refractivity contribution in [2.24, 2.45) is 0 Å². The third-order valence-electron chi connectivity index (χ3n) is 1.64. The Hall–Kier alpha value is -0.530. The molecule has 15 heavy (non-hydrogen) atoms. The van der Waals surface area contributed by atoms with E-state index in [4.69, 9.17) is 0 Å². The summed E-state index contributed by atoms with van der Waals surface area (Å²) in [6, 6.07) is 2.97. The summed E-state index contributed by atoms with van der Waals surface area (Å²) < 4.78 is 49.4. The molecule has 0 saturated carbocycles. The highest BCUT2D eigenvalue weighted by Gasteiger charge is 2.09. The summed E-state index contributed by atoms with van der Waals surface area (Å²) >= 11 is 2.77. The van der Waals surface area contributed by atoms with Gasteiger partial charge < -0.3 is 0 Å². The van der Waals surface area contributed by atoms with E-state index in [1.165, 1.54) is 6.07 Å². The molecule has 0 heterocycles. The zero-order valence-corrected chi connectivity index (χ0v) is 9.91. The van der Waals surface area contributed by atoms with E-state index in [2.05, 4.69) is 20.7 Å². The van der Waals surface area contributed by atoms with Crippen LogP contribution in [0, 0.1) is 11.6 Å². The lowest BCUT2D eigenvalue weighted by atomic mass is 10.2. The van der Waals surface area contributed by atoms with E-state index in [9.17, 15) is 17.2 Å². The predicted molar refractivity (Wildman–Crippen MR) is 55.9 cm³/mol. The van der Waals surface area contributed by atoms with Gasteiger partial charge in [0.1, 0.15) is 16.3 Å². The molecule has 1 aromatic rings. The lowest BCUT2D eigenvalue weighted by molar-refractivity contribution is 0.564. The minimum absolute atomic E-state index is 0.0981. The highest BCUT2D eigenvalue weighted by molar-refractivity contribution is 9.10. The van der Waals surface area contributed by atoms with Gasteiger partial charge >= 0.3 is 0 Å². The number of hydrogen-bond donors (Lipinski definition) is 1. The Morgan fingerprint density at radius 1 is 1.33 bits per heavy atom. The first-order chi connectivity index (χ1) is 6.94. The molecule has 1 rings (SSSR count). The zero-order chi connectivity index (χ0) is 11.5. The van der Waals surface area contributed by atoms with E-state index in [0.717, 1.165) is 6.07 Å². The monoisotopic (exact) mass is 299 g/mol. The topological polar surface area (TPSA) is 46.2 Å². The highest BCUT2D eigenvalue weighted by atomic mass is 79.9. The van der Waals surface area contributed by atoms with Gasteiger partial charge in [-0.25, -0.2) is 21.9 Å². The van der Waals surface area contributed by atoms with Gasteiger partial charge in [-0.2, -0.15) is 0 Å². The molecule has 0 fully saturated rings. The summed E-state index contributed by atoms with van der Waals surface area (Å²) in [5, 5.41) is 0. The first-order valence-corrected chi connectivity index (χ1v) is 6.69. The second kappa shape index (κ2) is 5.00. The normalized spacial score (nSPS) is 11.7. The van der Waals surface area contributed by atoms with Gasteiger partial charge in [-0.3, -0.25) is 0 Å². The third-order valence-corrected chi connectivity index (χ3v) is 4.32. The molecule has 0 aliphatic heterocycles. The SMILES string of the molecule is O=S(=O)(CBr)NCc1ccc(F)cc1F. The number of nitrogens with one attached hydrogen (secondary N) is 1. The largest absolute Gasteiger partial charge is 0.221 e. The molecular weight excluding hydrogens is 292 g/mol. The van der Waals surface area contributed by atoms with Crippen LogP contribution in [0.25, 0.3) is 0 Å². The summed E-state index contributed by atoms with van der Waals surface area (Å²) in [6.07, 6.45) is 0. The van der Waals surface area contributed by atoms with Crippen LogP contribution >= 0.6 is 15.9 Å². The Balaban J connectivity index is 2.74. The van der Waals surface area contributed by atoms with Crippen LogP contribution in [0.2, 0.25) is 0 Å². The molecule has 3 nitrogen and oxygen atoms in total. The van der Waals surface area contributed by atoms with Gasteiger partial charge in [-0.05, 0) is 6.07 Å². The fourth-order valence-electron chi connectivity index (χ4n) is 0.891. The molecule has 0 saturated heterocycles. The Morgan fingerprint density at radius 3 is 2.53 bits per heavy atom. The molecule has 84 valence electrons. The van der Waals surface area contributed by atoms with E-state index in [-0.39, 0.29) is 16.8 Å². The molecular formula is C8H8BrF2NO2S. The average Bonchev–Trinajstić information content (AvgIpc) is 2.16. The van der Waals surface area contributed by atoms with E-state index >= 15 is 0 Å². The van der Waals surface area contributed by atoms with E-state index < -0.39 is 21.7 Å². The standard InChI is InChI=1S/C8H8BrF2NO2S/c9-5-15(13,14)12-4-6-1-2-7(10)3-8(6)11/h1-3,12H,4-5H2. The van der Waals surface area contributed by atoms with Crippen molar-refractivity contribution in [1.82, 2.24) is 4.72 Å². The van der Waals surface area contributed by atoms with Gasteiger partial charge in [-0.15, -0.1) is 0 Å². The Kier molecular flexibility index (Phi) is 4.18. The maximum absolute atomic E-state index is 13.0. The zero-order valence-electron chi connectivity index (χ0n) is 7.50. The molecule has 0 spiro atoms. The summed E-state index contributed by atoms with van der Waals surface area (Å²) in [6.45, 7) is -0.194. The van der Waals surface area contributed by atoms with Gasteiger partial charge in [0.15, 0.2) is 0 Å². The number of alkyl halides is 1. The predicted octanol–water partition coefficient (Wildman–Crippen LogP) is 1.74. The maximum atomic E-state index is 13.0. The van der Waals surface area contributed by atoms with Crippen LogP contribution in [-0.2, 0) is 16.6 Å². The van der Waals surface area contributed by atoms with Crippen LogP contribution in [0.1, 0.15) is 5.56 Å². The second-order valence-electron chi connectivity index (χ2n) is 2.78. The summed E-state index contributed by atoms with van der Waals surface area (Å²) in [5.74, 6) is -1.47. The second-order valence-corrected chi connectivity index (χ2v) is 5.89. The van der Waals surface area contributed by atoms with Crippen molar-refractivity contribution in [1.29, 1.82) is 0 Å². The lowest BCUT2D eigenvalue weighted by Crippen LogP contribution is -2.24. The van der Waals surface area contributed by atoms with Crippen LogP contribution < -0.4 is 4.72 Å². The maximum Gasteiger partial charge on any atom is 0.221 e. The number of benzene rings is 1. The van der Waals surface area contributed by atoms with Crippen molar-refractivity contribution in [3.8, 4) is 0 Å². The van der Waals surface area contributed by atoms with Gasteiger partial charge in [0.25, 0.3) is 0 Å². The fraction of sp³-hybridized carbons (Fsp3) is 0.250. The van der Waals surface area contributed by atoms with E-state index in [0.29, 0.717) is 6.07 Å². The molecule has 0 aromatic heterocycles. The third kappa shape index (κ3) is 3.84. The molecule has 0 aliphatic rings. The lowest BCUT2D eigenvalue weighted by Gasteiger charge is -2.04. The number of sulfonamides is 1. The Bertz CT molecular complexity index is 450. The summed E-state index contributed by atoms with van der Waals surface area (Å²) in [7, 11) is -3.44. The molecule has 1 N–H and O–H groups in total. The average molecular weight is 300 g/mol. The smallest absolute Gasteiger partial charge is 0.212 e. The molecule has 0 unspecified atom stereocenters. The van der Waals surface area contributed by atoms with Crippen molar-refractivity contribution in [2.45, 2.75) is 6.54 Å². The van der Waals surface area contributed by atoms with Gasteiger partial charge in [0, 0.05) is 18.2 Å². The number of rotatable bonds is 4. The van der Waals surface area contributed by atoms with Crippen LogP contribution in [0.3, 0.4) is 0 Å². The molecule has 0 atom stereocenters. The number of halogens is 3. The minimum Gasteiger partial charge on any atom is -0.212 e. The molecule has 1 aromatic carbocycles. The minimum atomic E-state index is -3.44. The molecule has 0 bridgehead atoms. The van der Waals surface area contributed by atoms with Crippen molar-refractivity contribution < 1.29 is 17.2 Å². The van der Waals surface area contributed by atoms with Crippen molar-refractivity contribution in [2.75, 3.05) is 4.66 Å². The van der Waals surface area contributed by atoms with Crippen molar-refractivity contribution in [3.05, 3.63) is 35.4 Å². The van der Waals surface area contributed by atoms with Crippen LogP contribution in [0.4, 0.5) is 8.78 Å². The molecule has 0 aliphatic carbocycles. The van der Waals surface area contributed by atoms with Crippen LogP contribution in [-0.4, -0.2) is 13.1 Å². The van der Waals surface area contributed by atoms with Gasteiger partial charge in [-0.1, -0.05) is 22.0 Å². The first kappa shape index (κ1) is 12.5. The molecule has 0 radical (unpaired) electrons. The summed E-state index contributed by atoms with van der Waals surface area (Å²) in [4.78, 5) is 0. The van der Waals surface area contributed by atoms with Crippen molar-refractivity contribution >= 4 is 26.0 Å². The van der Waals surface area contributed by atoms with Crippen LogP contribution in [0.15, 0.2) is 18.2 Å². The summed E-state index contributed by atoms with van der Waals surface area (Å²) in [5.41, 5.74) is 0.0981. The number of hydrogen-bond acceptors (Lipinski definition) is 2. The van der Waals surface area contributed by atoms with Gasteiger partial charge in [0.05, 0.1) is 0 Å². The Labute approximate surface area is 94.7 Å². The van der Waals surface area contributed by atoms with E-state index in [1.807, 2.05) is 0 Å². The fourth-order valence-corrected chi connectivity index (χ4v) is 1.83. The van der Waals surface area contributed by atoms with Crippen molar-refractivity contribution in [3.63, 3.8) is 0 Å². The van der Waals surface area contributed by atoms with Gasteiger partial charge in [0.2, 0.25) is 10.0 Å².